The van der Waals surface area contributed by atoms with Crippen LogP contribution in [0.5, 0.6) is 0 Å². The Bertz CT molecular complexity index is 642. The van der Waals surface area contributed by atoms with Gasteiger partial charge in [-0.2, -0.15) is 0 Å². The first kappa shape index (κ1) is 15.0. The molecule has 0 saturated carbocycles. The van der Waals surface area contributed by atoms with E-state index in [0.717, 1.165) is 36.5 Å². The smallest absolute Gasteiger partial charge is 0.129 e. The number of pyridine rings is 1. The van der Waals surface area contributed by atoms with Gasteiger partial charge in [-0.25, -0.2) is 9.37 Å². The van der Waals surface area contributed by atoms with E-state index in [4.69, 9.17) is 0 Å². The zero-order valence-corrected chi connectivity index (χ0v) is 12.9. The summed E-state index contributed by atoms with van der Waals surface area (Å²) < 4.78 is 13.4. The summed E-state index contributed by atoms with van der Waals surface area (Å²) >= 11 is 0. The second kappa shape index (κ2) is 6.88. The molecule has 3 rings (SSSR count). The van der Waals surface area contributed by atoms with Gasteiger partial charge in [0.25, 0.3) is 0 Å². The minimum Gasteiger partial charge on any atom is -0.370 e. The molecule has 0 aliphatic carbocycles. The highest BCUT2D eigenvalue weighted by atomic mass is 19.1. The van der Waals surface area contributed by atoms with Gasteiger partial charge in [0.2, 0.25) is 0 Å². The fraction of sp³-hybridized carbons (Fsp3) is 0.389. The van der Waals surface area contributed by atoms with Crippen LogP contribution >= 0.6 is 0 Å². The third-order valence-corrected chi connectivity index (χ3v) is 4.14. The van der Waals surface area contributed by atoms with E-state index in [1.54, 1.807) is 12.1 Å². The average molecular weight is 299 g/mol. The first-order valence-corrected chi connectivity index (χ1v) is 7.98. The maximum absolute atomic E-state index is 13.4. The SMILES string of the molecule is CC[C@H](NCc1ccc2c(n1)NCCC2)c1cccc(F)c1. The molecule has 2 heterocycles. The maximum Gasteiger partial charge on any atom is 0.129 e. The number of aryl methyl sites for hydroxylation is 1. The van der Waals surface area contributed by atoms with E-state index in [1.165, 1.54) is 18.1 Å². The zero-order valence-electron chi connectivity index (χ0n) is 12.9. The summed E-state index contributed by atoms with van der Waals surface area (Å²) in [5, 5.41) is 6.83. The van der Waals surface area contributed by atoms with E-state index in [1.807, 2.05) is 6.07 Å². The van der Waals surface area contributed by atoms with Gasteiger partial charge < -0.3 is 10.6 Å². The van der Waals surface area contributed by atoms with E-state index >= 15 is 0 Å². The third-order valence-electron chi connectivity index (χ3n) is 4.14. The van der Waals surface area contributed by atoms with Crippen LogP contribution < -0.4 is 10.6 Å². The quantitative estimate of drug-likeness (QED) is 0.881. The summed E-state index contributed by atoms with van der Waals surface area (Å²) in [5.74, 6) is 0.832. The Morgan fingerprint density at radius 1 is 1.32 bits per heavy atom. The van der Waals surface area contributed by atoms with E-state index in [-0.39, 0.29) is 11.9 Å². The number of benzene rings is 1. The highest BCUT2D eigenvalue weighted by Gasteiger charge is 2.12. The molecule has 4 heteroatoms. The minimum absolute atomic E-state index is 0.140. The van der Waals surface area contributed by atoms with Gasteiger partial charge in [-0.15, -0.1) is 0 Å². The Morgan fingerprint density at radius 3 is 3.05 bits per heavy atom. The highest BCUT2D eigenvalue weighted by molar-refractivity contribution is 5.47. The van der Waals surface area contributed by atoms with E-state index in [2.05, 4.69) is 34.7 Å². The minimum atomic E-state index is -0.186. The fourth-order valence-corrected chi connectivity index (χ4v) is 2.92. The van der Waals surface area contributed by atoms with Gasteiger partial charge in [-0.05, 0) is 48.6 Å². The molecule has 22 heavy (non-hydrogen) atoms. The second-order valence-corrected chi connectivity index (χ2v) is 5.74. The molecule has 0 saturated heterocycles. The lowest BCUT2D eigenvalue weighted by molar-refractivity contribution is 0.510. The lowest BCUT2D eigenvalue weighted by atomic mass is 10.0. The molecule has 2 N–H and O–H groups in total. The van der Waals surface area contributed by atoms with Crippen LogP contribution in [-0.4, -0.2) is 11.5 Å². The molecule has 1 aliphatic heterocycles. The highest BCUT2D eigenvalue weighted by Crippen LogP contribution is 2.21. The summed E-state index contributed by atoms with van der Waals surface area (Å²) in [7, 11) is 0. The van der Waals surface area contributed by atoms with Crippen LogP contribution in [0.2, 0.25) is 0 Å². The summed E-state index contributed by atoms with van der Waals surface area (Å²) in [6.07, 6.45) is 3.18. The van der Waals surface area contributed by atoms with Crippen LogP contribution in [0.25, 0.3) is 0 Å². The molecule has 0 radical (unpaired) electrons. The van der Waals surface area contributed by atoms with Gasteiger partial charge in [0.1, 0.15) is 11.6 Å². The zero-order chi connectivity index (χ0) is 15.4. The number of nitrogens with one attached hydrogen (secondary N) is 2. The monoisotopic (exact) mass is 299 g/mol. The Balaban J connectivity index is 1.68. The van der Waals surface area contributed by atoms with Crippen molar-refractivity contribution < 1.29 is 4.39 Å². The van der Waals surface area contributed by atoms with Crippen molar-refractivity contribution in [2.75, 3.05) is 11.9 Å². The summed E-state index contributed by atoms with van der Waals surface area (Å²) in [6.45, 7) is 3.78. The molecule has 1 aromatic heterocycles. The van der Waals surface area contributed by atoms with Crippen molar-refractivity contribution in [3.05, 3.63) is 59.0 Å². The van der Waals surface area contributed by atoms with Crippen molar-refractivity contribution in [1.82, 2.24) is 10.3 Å². The Kier molecular flexibility index (Phi) is 4.68. The largest absolute Gasteiger partial charge is 0.370 e. The van der Waals surface area contributed by atoms with Gasteiger partial charge in [-0.1, -0.05) is 25.1 Å². The van der Waals surface area contributed by atoms with Crippen LogP contribution in [0.15, 0.2) is 36.4 Å². The Labute approximate surface area is 131 Å². The lowest BCUT2D eigenvalue weighted by Gasteiger charge is -2.20. The molecule has 0 amide bonds. The van der Waals surface area contributed by atoms with Crippen molar-refractivity contribution in [2.45, 2.75) is 38.8 Å². The number of nitrogens with zero attached hydrogens (tertiary/aromatic N) is 1. The molecule has 2 aromatic rings. The van der Waals surface area contributed by atoms with Gasteiger partial charge in [0.15, 0.2) is 0 Å². The topological polar surface area (TPSA) is 37.0 Å². The second-order valence-electron chi connectivity index (χ2n) is 5.74. The fourth-order valence-electron chi connectivity index (χ4n) is 2.92. The van der Waals surface area contributed by atoms with Gasteiger partial charge in [-0.3, -0.25) is 0 Å². The van der Waals surface area contributed by atoms with Crippen LogP contribution in [0.1, 0.15) is 42.6 Å². The Morgan fingerprint density at radius 2 is 2.23 bits per heavy atom. The van der Waals surface area contributed by atoms with Crippen molar-refractivity contribution in [3.63, 3.8) is 0 Å². The molecule has 0 bridgehead atoms. The van der Waals surface area contributed by atoms with Crippen molar-refractivity contribution in [3.8, 4) is 0 Å². The summed E-state index contributed by atoms with van der Waals surface area (Å²) in [6, 6.07) is 11.2. The number of hydrogen-bond donors (Lipinski definition) is 2. The Hall–Kier alpha value is -1.94. The molecule has 0 spiro atoms. The molecule has 1 aromatic carbocycles. The normalized spacial score (nSPS) is 15.0. The number of halogens is 1. The van der Waals surface area contributed by atoms with E-state index < -0.39 is 0 Å². The summed E-state index contributed by atoms with van der Waals surface area (Å²) in [5.41, 5.74) is 3.30. The van der Waals surface area contributed by atoms with Crippen LogP contribution in [0.3, 0.4) is 0 Å². The molecular formula is C18H22FN3. The molecular weight excluding hydrogens is 277 g/mol. The number of aromatic nitrogens is 1. The number of anilines is 1. The molecule has 0 unspecified atom stereocenters. The first-order valence-electron chi connectivity index (χ1n) is 7.98. The molecule has 0 fully saturated rings. The van der Waals surface area contributed by atoms with E-state index in [9.17, 15) is 4.39 Å². The van der Waals surface area contributed by atoms with Crippen molar-refractivity contribution >= 4 is 5.82 Å². The van der Waals surface area contributed by atoms with E-state index in [0.29, 0.717) is 6.54 Å². The van der Waals surface area contributed by atoms with Crippen LogP contribution in [0.4, 0.5) is 10.2 Å². The van der Waals surface area contributed by atoms with Gasteiger partial charge in [0.05, 0.1) is 5.69 Å². The summed E-state index contributed by atoms with van der Waals surface area (Å²) in [4.78, 5) is 4.68. The van der Waals surface area contributed by atoms with Crippen LogP contribution in [0, 0.1) is 5.82 Å². The standard InChI is InChI=1S/C18H22FN3/c1-2-17(14-5-3-7-15(19)11-14)21-12-16-9-8-13-6-4-10-20-18(13)22-16/h3,5,7-9,11,17,21H,2,4,6,10,12H2,1H3,(H,20,22)/t17-/m0/s1. The third kappa shape index (κ3) is 3.45. The molecule has 116 valence electrons. The van der Waals surface area contributed by atoms with Gasteiger partial charge in [0, 0.05) is 19.1 Å². The number of fused-ring (bicyclic) bond motifs is 1. The molecule has 3 nitrogen and oxygen atoms in total. The van der Waals surface area contributed by atoms with Crippen LogP contribution in [-0.2, 0) is 13.0 Å². The number of hydrogen-bond acceptors (Lipinski definition) is 3. The average Bonchev–Trinajstić information content (AvgIpc) is 2.55. The lowest BCUT2D eigenvalue weighted by Crippen LogP contribution is -2.22. The van der Waals surface area contributed by atoms with Crippen molar-refractivity contribution in [1.29, 1.82) is 0 Å². The van der Waals surface area contributed by atoms with Gasteiger partial charge >= 0.3 is 0 Å². The number of rotatable bonds is 5. The maximum atomic E-state index is 13.4. The van der Waals surface area contributed by atoms with Crippen molar-refractivity contribution in [2.24, 2.45) is 0 Å². The molecule has 1 atom stereocenters. The molecule has 1 aliphatic rings. The predicted molar refractivity (Wildman–Crippen MR) is 87.3 cm³/mol. The predicted octanol–water partition coefficient (Wildman–Crippen LogP) is 3.82. The first-order chi connectivity index (χ1) is 10.8.